The van der Waals surface area contributed by atoms with E-state index in [1.807, 2.05) is 176 Å². The summed E-state index contributed by atoms with van der Waals surface area (Å²) in [5, 5.41) is 25.8. The van der Waals surface area contributed by atoms with Gasteiger partial charge in [0.25, 0.3) is 0 Å². The number of carbonyl (C=O) groups excluding carboxylic acids is 1. The number of thioether (sulfide) groups is 1. The minimum absolute atomic E-state index is 0.163. The molecule has 3 saturated carbocycles. The van der Waals surface area contributed by atoms with Gasteiger partial charge in [-0.05, 0) is 227 Å². The van der Waals surface area contributed by atoms with Gasteiger partial charge in [0.2, 0.25) is 0 Å². The van der Waals surface area contributed by atoms with Crippen LogP contribution in [0.4, 0.5) is 5.69 Å². The molecule has 668 valence electrons. The van der Waals surface area contributed by atoms with E-state index in [1.165, 1.54) is 180 Å². The second-order valence-corrected chi connectivity index (χ2v) is 37.0. The first-order chi connectivity index (χ1) is 67.4. The Morgan fingerprint density at radius 3 is 1.68 bits per heavy atom. The van der Waals surface area contributed by atoms with Crippen molar-refractivity contribution in [3.63, 3.8) is 0 Å². The number of Topliss-reactive ketones (excluding diaryl/α,β-unsaturated/α-hetero) is 1. The zero-order valence-electron chi connectivity index (χ0n) is 75.3. The minimum Gasteiger partial charge on any atom is -0.456 e. The number of carbonyl (C=O) groups is 1. The normalized spacial score (nSPS) is 15.5. The molecule has 0 amide bonds. The molecule has 0 saturated heterocycles. The molecule has 10 aromatic heterocycles. The van der Waals surface area contributed by atoms with Gasteiger partial charge in [-0.15, -0.1) is 22.7 Å². The van der Waals surface area contributed by atoms with Gasteiger partial charge in [0.15, 0.2) is 12.2 Å². The summed E-state index contributed by atoms with van der Waals surface area (Å²) >= 11 is 5.53. The van der Waals surface area contributed by atoms with Gasteiger partial charge in [-0.2, -0.15) is 10.2 Å². The maximum atomic E-state index is 11.2. The van der Waals surface area contributed by atoms with Crippen molar-refractivity contribution in [1.82, 2.24) is 45.1 Å². The summed E-state index contributed by atoms with van der Waals surface area (Å²) < 4.78 is 14.3. The first-order valence-corrected chi connectivity index (χ1v) is 49.1. The van der Waals surface area contributed by atoms with Crippen LogP contribution >= 0.6 is 34.4 Å². The average molecular weight is 1830 g/mol. The van der Waals surface area contributed by atoms with Gasteiger partial charge < -0.3 is 28.8 Å². The number of aromatic nitrogens is 9. The van der Waals surface area contributed by atoms with E-state index in [2.05, 4.69) is 303 Å². The molecule has 30 rings (SSSR count). The number of H-pyrrole nitrogens is 4. The molecule has 13 nitrogen and oxygen atoms in total. The highest BCUT2D eigenvalue weighted by molar-refractivity contribution is 8.03. The summed E-state index contributed by atoms with van der Waals surface area (Å²) in [6, 6.07) is 113. The minimum atomic E-state index is 0.163. The van der Waals surface area contributed by atoms with E-state index in [0.29, 0.717) is 6.42 Å². The van der Waals surface area contributed by atoms with Crippen LogP contribution in [0.3, 0.4) is 0 Å². The highest BCUT2D eigenvalue weighted by Crippen LogP contribution is 2.54. The Labute approximate surface area is 802 Å². The van der Waals surface area contributed by atoms with E-state index in [0.717, 1.165) is 34.4 Å². The monoisotopic (exact) mass is 1830 g/mol. The van der Waals surface area contributed by atoms with E-state index < -0.39 is 0 Å². The number of rotatable bonds is 0. The van der Waals surface area contributed by atoms with Crippen LogP contribution in [0.15, 0.2) is 455 Å². The van der Waals surface area contributed by atoms with Crippen molar-refractivity contribution in [3.8, 4) is 11.1 Å². The van der Waals surface area contributed by atoms with Crippen LogP contribution in [0.1, 0.15) is 86.6 Å². The van der Waals surface area contributed by atoms with Gasteiger partial charge in [0.1, 0.15) is 17.4 Å². The molecule has 5 aliphatic carbocycles. The van der Waals surface area contributed by atoms with Crippen molar-refractivity contribution in [1.29, 1.82) is 0 Å². The summed E-state index contributed by atoms with van der Waals surface area (Å²) in [4.78, 5) is 43.2. The fraction of sp³-hybridized carbons (Fsp3) is 0.125. The fourth-order valence-electron chi connectivity index (χ4n) is 19.2. The molecule has 4 N–H and O–H groups in total. The number of hydrogen-bond donors (Lipinski definition) is 4. The lowest BCUT2D eigenvalue weighted by Crippen LogP contribution is -2.22. The van der Waals surface area contributed by atoms with Crippen LogP contribution in [0.25, 0.3) is 146 Å². The number of aliphatic imine (C=N–C) groups is 1. The molecule has 0 radical (unpaired) electrons. The Morgan fingerprint density at radius 2 is 1.03 bits per heavy atom. The molecule has 3 aliphatic heterocycles. The van der Waals surface area contributed by atoms with Crippen molar-refractivity contribution >= 4 is 187 Å². The number of para-hydroxylation sites is 7. The average Bonchev–Trinajstić information content (AvgIpc) is 1.58. The predicted octanol–water partition coefficient (Wildman–Crippen LogP) is 33.7. The van der Waals surface area contributed by atoms with Gasteiger partial charge in [-0.3, -0.25) is 19.8 Å². The molecular weight excluding hydrogens is 1730 g/mol. The van der Waals surface area contributed by atoms with Crippen LogP contribution in [0.2, 0.25) is 0 Å². The SMILES string of the molecule is C1=CC2=Cc3ccccc3SC2=CC1.C1CCC2C(C1)CC1CCCCC12.O=C1CC=Nc2ccccc21.c1cc2cc3cc[nH]cc-3c2cn1.c1ccc2[nH]ccc2c1.c1ccc2c(c1)[nH]c1ccc3[nH]c4ccccc4c3c12.c1ccc2c(c1)oc1ccccc12.c1ccc2c(c1)sc1ccccc12.c1ccc2ncccc2c1.c1ccc2sccc2c1.c1ccnnc1.c1cocn1. The Kier molecular flexibility index (Phi) is 29.6. The molecule has 16 heteroatoms. The van der Waals surface area contributed by atoms with Crippen LogP contribution < -0.4 is 0 Å². The van der Waals surface area contributed by atoms with Crippen molar-refractivity contribution < 1.29 is 13.6 Å². The lowest BCUT2D eigenvalue weighted by atomic mass is 9.73. The number of thiophene rings is 2. The predicted molar refractivity (Wildman–Crippen MR) is 573 cm³/mol. The van der Waals surface area contributed by atoms with Crippen molar-refractivity contribution in [2.45, 2.75) is 75.5 Å². The summed E-state index contributed by atoms with van der Waals surface area (Å²) in [5.41, 5.74) is 15.7. The summed E-state index contributed by atoms with van der Waals surface area (Å²) in [6.07, 6.45) is 45.5. The summed E-state index contributed by atoms with van der Waals surface area (Å²) in [7, 11) is 0. The molecule has 4 atom stereocenters. The Bertz CT molecular complexity index is 7570. The number of fused-ring (bicyclic) bond motifs is 25. The highest BCUT2D eigenvalue weighted by atomic mass is 32.2. The topological polar surface area (TPSA) is 183 Å². The second-order valence-electron chi connectivity index (χ2n) is 33.9. The lowest BCUT2D eigenvalue weighted by Gasteiger charge is -2.32. The Hall–Kier alpha value is -15.5. The number of benzene rings is 12. The lowest BCUT2D eigenvalue weighted by molar-refractivity contribution is 0.100. The molecule has 0 spiro atoms. The van der Waals surface area contributed by atoms with Crippen molar-refractivity contribution in [3.05, 3.63) is 447 Å². The molecule has 13 heterocycles. The third-order valence-electron chi connectivity index (χ3n) is 25.5. The highest BCUT2D eigenvalue weighted by Gasteiger charge is 2.44. The van der Waals surface area contributed by atoms with Gasteiger partial charge in [0, 0.05) is 179 Å². The van der Waals surface area contributed by atoms with E-state index in [1.54, 1.807) is 93.9 Å². The van der Waals surface area contributed by atoms with Crippen LogP contribution in [-0.2, 0) is 0 Å². The molecule has 22 aromatic rings. The van der Waals surface area contributed by atoms with Gasteiger partial charge in [-0.1, -0.05) is 269 Å². The molecule has 0 bridgehead atoms. The van der Waals surface area contributed by atoms with Crippen molar-refractivity contribution in [2.75, 3.05) is 0 Å². The fourth-order valence-corrected chi connectivity index (χ4v) is 22.2. The molecule has 4 unspecified atom stereocenters. The first kappa shape index (κ1) is 89.7. The maximum absolute atomic E-state index is 11.2. The zero-order valence-corrected chi connectivity index (χ0v) is 77.7. The first-order valence-electron chi connectivity index (χ1n) is 46.6. The van der Waals surface area contributed by atoms with E-state index >= 15 is 0 Å². The summed E-state index contributed by atoms with van der Waals surface area (Å²) in [5.74, 6) is 4.86. The second kappa shape index (κ2) is 44.8. The number of allylic oxidation sites excluding steroid dienone is 4. The Morgan fingerprint density at radius 1 is 0.434 bits per heavy atom. The number of nitrogens with one attached hydrogen (secondary N) is 4. The summed E-state index contributed by atoms with van der Waals surface area (Å²) in [6.45, 7) is 0. The van der Waals surface area contributed by atoms with E-state index in [9.17, 15) is 4.79 Å². The standard InChI is InChI=1S/C18H12N2.C13H10S.C13H22.C12H8O.C12H8S.C11H8N2.C9H7NO.C9H7N.C8H7N.C8H6S.C4H4N2.C3H3NO/c1-3-7-13-11(5-1)17-15(19-13)9-10-16-18(17)12-6-2-4-8-14(12)20-16;1-3-7-12-10(5-1)9-11-6-2-4-8-13(11)14-12;1-3-7-12-10(5-1)9-11-6-2-4-8-13(11)12;2*1-3-7-11-9(5-1)10-6-2-4-8-12(10)13-11;1-3-12-6-10-8(1)5-9-2-4-13-7-11(9)10;11-9-5-6-10-8-4-2-1-3-7(8)9;1-2-6-9-8(4-1)5-3-7-10-9;2*1-2-4-8-7(3-1)5-6-9-8;1-2-4-6-5-3-1;1-2-5-3-4-1/h1-10,19-20H;1-3,5-9H,4H2;10-13H,1-9H2;2*1-8H;1-7,12H;1-4,6H,5H2;1-7H;1-6,9H;1-6H;1-4H;1-3H. The molecule has 136 heavy (non-hydrogen) atoms. The third-order valence-corrected chi connectivity index (χ3v) is 28.8. The van der Waals surface area contributed by atoms with Crippen molar-refractivity contribution in [2.24, 2.45) is 28.7 Å². The molecular formula is C120H102N10O3S3. The number of ketones is 1. The number of aromatic amines is 4. The van der Waals surface area contributed by atoms with Gasteiger partial charge >= 0.3 is 0 Å². The number of oxazole rings is 1. The van der Waals surface area contributed by atoms with E-state index in [4.69, 9.17) is 4.42 Å². The van der Waals surface area contributed by atoms with Crippen LogP contribution in [-0.4, -0.2) is 57.1 Å². The zero-order chi connectivity index (χ0) is 91.7. The number of furan rings is 1. The number of hydrogen-bond acceptors (Lipinski definition) is 12. The smallest absolute Gasteiger partial charge is 0.180 e. The van der Waals surface area contributed by atoms with Gasteiger partial charge in [0.05, 0.1) is 17.4 Å². The molecule has 3 fully saturated rings. The third kappa shape index (κ3) is 21.9. The van der Waals surface area contributed by atoms with E-state index in [-0.39, 0.29) is 5.78 Å². The Balaban J connectivity index is 0.0000000963. The van der Waals surface area contributed by atoms with Crippen LogP contribution in [0.5, 0.6) is 0 Å². The number of pyridine rings is 3. The van der Waals surface area contributed by atoms with Crippen LogP contribution in [0, 0.1) is 23.7 Å². The quantitative estimate of drug-likeness (QED) is 0.115. The largest absolute Gasteiger partial charge is 0.456 e. The molecule has 8 aliphatic rings. The van der Waals surface area contributed by atoms with Gasteiger partial charge in [-0.25, -0.2) is 4.98 Å². The molecule has 12 aromatic carbocycles. The number of nitrogens with zero attached hydrogens (tertiary/aromatic N) is 6. The maximum Gasteiger partial charge on any atom is 0.180 e.